The van der Waals surface area contributed by atoms with Gasteiger partial charge in [0.15, 0.2) is 0 Å². The first kappa shape index (κ1) is 43.3. The third kappa shape index (κ3) is 6.96. The fourth-order valence-corrected chi connectivity index (χ4v) is 9.94. The van der Waals surface area contributed by atoms with E-state index in [1.807, 2.05) is 24.3 Å². The van der Waals surface area contributed by atoms with Crippen LogP contribution in [0.25, 0.3) is 77.2 Å². The van der Waals surface area contributed by atoms with Gasteiger partial charge in [-0.2, -0.15) is 0 Å². The summed E-state index contributed by atoms with van der Waals surface area (Å²) in [5.74, 6) is -0.669. The van der Waals surface area contributed by atoms with Gasteiger partial charge in [-0.15, -0.1) is 0 Å². The molecule has 0 saturated carbocycles. The third-order valence-corrected chi connectivity index (χ3v) is 13.7. The van der Waals surface area contributed by atoms with Gasteiger partial charge in [0.25, 0.3) is 0 Å². The summed E-state index contributed by atoms with van der Waals surface area (Å²) in [6.45, 7) is 31.3. The van der Waals surface area contributed by atoms with E-state index >= 15 is 8.78 Å². The third-order valence-electron chi connectivity index (χ3n) is 13.7. The second-order valence-electron chi connectivity index (χ2n) is 22.3. The van der Waals surface area contributed by atoms with Crippen LogP contribution in [0.4, 0.5) is 8.78 Å². The van der Waals surface area contributed by atoms with Gasteiger partial charge in [0.05, 0.1) is 33.4 Å². The fraction of sp³-hybridized carbons (Fsp3) is 0.300. The van der Waals surface area contributed by atoms with Gasteiger partial charge in [-0.25, -0.2) is 8.78 Å². The average Bonchev–Trinajstić information content (AvgIpc) is 3.71. The smallest absolute Gasteiger partial charge is 0.131 e. The van der Waals surface area contributed by atoms with Crippen molar-refractivity contribution in [3.8, 4) is 33.6 Å². The van der Waals surface area contributed by atoms with Crippen LogP contribution in [0.5, 0.6) is 0 Å². The molecule has 0 aliphatic rings. The molecule has 0 unspecified atom stereocenters. The van der Waals surface area contributed by atoms with E-state index in [1.54, 1.807) is 24.3 Å². The number of nitrogens with zero attached hydrogens (tertiary/aromatic N) is 2. The molecule has 0 N–H and O–H groups in total. The van der Waals surface area contributed by atoms with Gasteiger partial charge in [0.2, 0.25) is 0 Å². The van der Waals surface area contributed by atoms with E-state index in [0.717, 1.165) is 77.2 Å². The quantitative estimate of drug-likeness (QED) is 0.167. The number of hydrogen-bond donors (Lipinski definition) is 0. The molecule has 9 aromatic rings. The predicted octanol–water partition coefficient (Wildman–Crippen LogP) is 17.3. The van der Waals surface area contributed by atoms with E-state index in [4.69, 9.17) is 0 Å². The lowest BCUT2D eigenvalue weighted by molar-refractivity contribution is 0.590. The lowest BCUT2D eigenvalue weighted by Crippen LogP contribution is -2.12. The van der Waals surface area contributed by atoms with Gasteiger partial charge >= 0.3 is 0 Å². The van der Waals surface area contributed by atoms with E-state index in [0.29, 0.717) is 11.1 Å². The second-order valence-corrected chi connectivity index (χ2v) is 22.3. The Morgan fingerprint density at radius 3 is 0.875 bits per heavy atom. The largest absolute Gasteiger partial charge is 0.309 e. The number of fused-ring (bicyclic) bond motifs is 6. The molecule has 0 amide bonds. The summed E-state index contributed by atoms with van der Waals surface area (Å²) in [5.41, 5.74) is 14.5. The van der Waals surface area contributed by atoms with Crippen molar-refractivity contribution in [1.82, 2.24) is 9.13 Å². The molecule has 7 aromatic carbocycles. The Labute approximate surface area is 378 Å². The van der Waals surface area contributed by atoms with Crippen molar-refractivity contribution in [2.45, 2.75) is 119 Å². The molecule has 0 fully saturated rings. The zero-order chi connectivity index (χ0) is 46.0. The lowest BCUT2D eigenvalue weighted by Gasteiger charge is -2.28. The molecule has 2 aromatic heterocycles. The van der Waals surface area contributed by atoms with Crippen molar-refractivity contribution in [3.05, 3.63) is 166 Å². The molecule has 9 rings (SSSR count). The van der Waals surface area contributed by atoms with Gasteiger partial charge in [0, 0.05) is 43.8 Å². The molecule has 2 nitrogen and oxygen atoms in total. The minimum absolute atomic E-state index is 0.0721. The molecule has 0 bridgehead atoms. The van der Waals surface area contributed by atoms with Gasteiger partial charge in [-0.05, 0) is 130 Å². The first-order chi connectivity index (χ1) is 30.0. The number of rotatable bonds is 4. The first-order valence-corrected chi connectivity index (χ1v) is 22.8. The fourth-order valence-electron chi connectivity index (χ4n) is 9.94. The van der Waals surface area contributed by atoms with Crippen LogP contribution in [0.1, 0.15) is 116 Å². The van der Waals surface area contributed by atoms with Gasteiger partial charge < -0.3 is 9.13 Å². The molecular weight excluding hydrogens is 787 g/mol. The molecule has 0 aliphatic carbocycles. The van der Waals surface area contributed by atoms with Crippen molar-refractivity contribution in [2.75, 3.05) is 0 Å². The first-order valence-electron chi connectivity index (χ1n) is 22.8. The Morgan fingerprint density at radius 1 is 0.344 bits per heavy atom. The number of benzene rings is 7. The summed E-state index contributed by atoms with van der Waals surface area (Å²) < 4.78 is 38.6. The zero-order valence-corrected chi connectivity index (χ0v) is 40.2. The molecule has 0 radical (unpaired) electrons. The Hall–Kier alpha value is -6.00. The van der Waals surface area contributed by atoms with E-state index in [-0.39, 0.29) is 33.3 Å². The zero-order valence-electron chi connectivity index (χ0n) is 40.2. The highest BCUT2D eigenvalue weighted by Gasteiger charge is 2.31. The SMILES string of the molecule is Cc1c(-c2ccccc2F)c(-n2c3ccc(C(C)(C)C)cc3c3cc(C(C)(C)C)ccc32)c(-c2ccccc2F)c(C)c1-n1c2ccc(C(C)(C)C)cc2c2cc(C(C)(C)C)ccc21. The average molecular weight is 849 g/mol. The van der Waals surface area contributed by atoms with Gasteiger partial charge in [-0.3, -0.25) is 0 Å². The standard InChI is InChI=1S/C60H62F2N2/c1-35-53(41-19-15-17-21-47(41)61)56(64-51-29-25-39(59(9,10)11)33-45(51)46-34-40(60(12,13)14)26-30-52(46)64)54(42-20-16-18-22-48(42)62)36(2)55(35)63-49-27-23-37(57(3,4)5)31-43(49)44-32-38(58(6,7)8)24-28-50(44)63/h15-34H,1-14H3. The highest BCUT2D eigenvalue weighted by molar-refractivity contribution is 6.13. The summed E-state index contributed by atoms with van der Waals surface area (Å²) in [4.78, 5) is 0. The predicted molar refractivity (Wildman–Crippen MR) is 270 cm³/mol. The Kier molecular flexibility index (Phi) is 9.99. The molecule has 326 valence electrons. The van der Waals surface area contributed by atoms with E-state index < -0.39 is 0 Å². The second kappa shape index (κ2) is 14.8. The molecule has 2 heterocycles. The summed E-state index contributed by atoms with van der Waals surface area (Å²) in [6.07, 6.45) is 0. The van der Waals surface area contributed by atoms with E-state index in [9.17, 15) is 0 Å². The minimum atomic E-state index is -0.334. The maximum atomic E-state index is 17.0. The normalized spacial score (nSPS) is 13.0. The van der Waals surface area contributed by atoms with Gasteiger partial charge in [0.1, 0.15) is 11.6 Å². The Morgan fingerprint density at radius 2 is 0.609 bits per heavy atom. The minimum Gasteiger partial charge on any atom is -0.309 e. The van der Waals surface area contributed by atoms with Crippen LogP contribution in [0.15, 0.2) is 121 Å². The molecule has 0 atom stereocenters. The molecule has 4 heteroatoms. The molecule has 0 saturated heterocycles. The number of hydrogen-bond acceptors (Lipinski definition) is 0. The Balaban J connectivity index is 1.54. The summed E-state index contributed by atoms with van der Waals surface area (Å²) in [7, 11) is 0. The van der Waals surface area contributed by atoms with Gasteiger partial charge in [-0.1, -0.05) is 144 Å². The highest BCUT2D eigenvalue weighted by Crippen LogP contribution is 2.50. The van der Waals surface area contributed by atoms with Crippen molar-refractivity contribution >= 4 is 43.6 Å². The number of aromatic nitrogens is 2. The van der Waals surface area contributed by atoms with Crippen LogP contribution in [0, 0.1) is 25.5 Å². The summed E-state index contributed by atoms with van der Waals surface area (Å²) >= 11 is 0. The van der Waals surface area contributed by atoms with Crippen LogP contribution in [-0.2, 0) is 21.7 Å². The van der Waals surface area contributed by atoms with Crippen molar-refractivity contribution < 1.29 is 8.78 Å². The lowest BCUT2D eigenvalue weighted by atomic mass is 9.85. The van der Waals surface area contributed by atoms with Crippen LogP contribution in [0.3, 0.4) is 0 Å². The maximum absolute atomic E-state index is 17.0. The van der Waals surface area contributed by atoms with Crippen molar-refractivity contribution in [2.24, 2.45) is 0 Å². The maximum Gasteiger partial charge on any atom is 0.131 e. The molecule has 64 heavy (non-hydrogen) atoms. The molecule has 0 aliphatic heterocycles. The number of halogens is 2. The van der Waals surface area contributed by atoms with Crippen molar-refractivity contribution in [3.63, 3.8) is 0 Å². The highest BCUT2D eigenvalue weighted by atomic mass is 19.1. The molecule has 0 spiro atoms. The van der Waals surface area contributed by atoms with Crippen LogP contribution < -0.4 is 0 Å². The molecular formula is C60H62F2N2. The summed E-state index contributed by atoms with van der Waals surface area (Å²) in [6, 6.07) is 41.4. The van der Waals surface area contributed by atoms with Crippen molar-refractivity contribution in [1.29, 1.82) is 0 Å². The van der Waals surface area contributed by atoms with Crippen LogP contribution in [0.2, 0.25) is 0 Å². The Bertz CT molecular complexity index is 3130. The summed E-state index contributed by atoms with van der Waals surface area (Å²) in [5, 5.41) is 4.53. The topological polar surface area (TPSA) is 9.86 Å². The van der Waals surface area contributed by atoms with Crippen LogP contribution in [-0.4, -0.2) is 9.13 Å². The van der Waals surface area contributed by atoms with Crippen LogP contribution >= 0.6 is 0 Å². The van der Waals surface area contributed by atoms with E-state index in [2.05, 4.69) is 179 Å². The monoisotopic (exact) mass is 848 g/mol. The van der Waals surface area contributed by atoms with E-state index in [1.165, 1.54) is 22.3 Å².